The van der Waals surface area contributed by atoms with Gasteiger partial charge in [-0.05, 0) is 27.2 Å². The zero-order valence-electron chi connectivity index (χ0n) is 11.1. The van der Waals surface area contributed by atoms with Crippen molar-refractivity contribution in [3.63, 3.8) is 0 Å². The van der Waals surface area contributed by atoms with Crippen molar-refractivity contribution in [2.24, 2.45) is 0 Å². The van der Waals surface area contributed by atoms with Gasteiger partial charge < -0.3 is 10.2 Å². The van der Waals surface area contributed by atoms with Crippen molar-refractivity contribution in [3.05, 3.63) is 23.7 Å². The smallest absolute Gasteiger partial charge is 0.185 e. The summed E-state index contributed by atoms with van der Waals surface area (Å²) in [6.45, 7) is 13.2. The molecule has 17 heavy (non-hydrogen) atoms. The van der Waals surface area contributed by atoms with Crippen LogP contribution in [0.25, 0.3) is 0 Å². The average Bonchev–Trinajstić information content (AvgIpc) is 2.77. The summed E-state index contributed by atoms with van der Waals surface area (Å²) >= 11 is 1.78. The highest BCUT2D eigenvalue weighted by Gasteiger charge is 2.08. The van der Waals surface area contributed by atoms with Crippen LogP contribution in [0.5, 0.6) is 0 Å². The summed E-state index contributed by atoms with van der Waals surface area (Å²) in [7, 11) is 0. The summed E-state index contributed by atoms with van der Waals surface area (Å²) in [4.78, 5) is 8.04. The maximum absolute atomic E-state index is 4.47. The minimum atomic E-state index is 0.478. The lowest BCUT2D eigenvalue weighted by molar-refractivity contribution is 0.557. The fourth-order valence-electron chi connectivity index (χ4n) is 1.63. The second-order valence-corrected chi connectivity index (χ2v) is 5.18. The van der Waals surface area contributed by atoms with E-state index in [0.717, 1.165) is 31.2 Å². The van der Waals surface area contributed by atoms with E-state index in [2.05, 4.69) is 42.6 Å². The van der Waals surface area contributed by atoms with E-state index in [1.165, 1.54) is 4.88 Å². The van der Waals surface area contributed by atoms with Crippen LogP contribution in [0.2, 0.25) is 0 Å². The number of anilines is 1. The van der Waals surface area contributed by atoms with Crippen LogP contribution in [0, 0.1) is 0 Å². The maximum Gasteiger partial charge on any atom is 0.185 e. The van der Waals surface area contributed by atoms with Crippen molar-refractivity contribution < 1.29 is 0 Å². The first kappa shape index (κ1) is 14.2. The fourth-order valence-corrected chi connectivity index (χ4v) is 2.62. The molecule has 1 aromatic rings. The van der Waals surface area contributed by atoms with Gasteiger partial charge in [-0.15, -0.1) is 17.9 Å². The third-order valence-electron chi connectivity index (χ3n) is 2.72. The van der Waals surface area contributed by atoms with E-state index in [4.69, 9.17) is 0 Å². The Morgan fingerprint density at radius 2 is 2.24 bits per heavy atom. The van der Waals surface area contributed by atoms with Crippen LogP contribution in [0.4, 0.5) is 5.13 Å². The summed E-state index contributed by atoms with van der Waals surface area (Å²) < 4.78 is 0. The number of hydrogen-bond acceptors (Lipinski definition) is 4. The second-order valence-electron chi connectivity index (χ2n) is 4.09. The molecule has 0 spiro atoms. The van der Waals surface area contributed by atoms with Gasteiger partial charge in [-0.1, -0.05) is 6.08 Å². The molecule has 1 rings (SSSR count). The Labute approximate surface area is 109 Å². The van der Waals surface area contributed by atoms with Crippen LogP contribution in [-0.2, 0) is 6.54 Å². The number of nitrogens with zero attached hydrogens (tertiary/aromatic N) is 2. The van der Waals surface area contributed by atoms with Crippen LogP contribution in [-0.4, -0.2) is 24.1 Å². The lowest BCUT2D eigenvalue weighted by Gasteiger charge is -2.16. The van der Waals surface area contributed by atoms with Crippen molar-refractivity contribution in [3.8, 4) is 0 Å². The van der Waals surface area contributed by atoms with E-state index in [-0.39, 0.29) is 0 Å². The van der Waals surface area contributed by atoms with Gasteiger partial charge in [0.1, 0.15) is 0 Å². The van der Waals surface area contributed by atoms with Gasteiger partial charge in [0.05, 0.1) is 0 Å². The van der Waals surface area contributed by atoms with Gasteiger partial charge in [-0.25, -0.2) is 4.98 Å². The first-order valence-electron chi connectivity index (χ1n) is 6.25. The largest absolute Gasteiger partial charge is 0.349 e. The van der Waals surface area contributed by atoms with Crippen molar-refractivity contribution in [1.29, 1.82) is 0 Å². The minimum absolute atomic E-state index is 0.478. The summed E-state index contributed by atoms with van der Waals surface area (Å²) in [6.07, 6.45) is 4.93. The average molecular weight is 253 g/mol. The molecule has 0 saturated heterocycles. The van der Waals surface area contributed by atoms with E-state index in [9.17, 15) is 0 Å². The number of aromatic nitrogens is 1. The van der Waals surface area contributed by atoms with Crippen LogP contribution in [0.1, 0.15) is 32.1 Å². The molecule has 0 aliphatic heterocycles. The third kappa shape index (κ3) is 4.48. The van der Waals surface area contributed by atoms with Crippen LogP contribution >= 0.6 is 11.3 Å². The topological polar surface area (TPSA) is 28.2 Å². The van der Waals surface area contributed by atoms with Gasteiger partial charge in [0, 0.05) is 36.8 Å². The van der Waals surface area contributed by atoms with Gasteiger partial charge >= 0.3 is 0 Å². The molecule has 4 heteroatoms. The predicted octanol–water partition coefficient (Wildman–Crippen LogP) is 3.04. The first-order valence-corrected chi connectivity index (χ1v) is 7.06. The Morgan fingerprint density at radius 3 is 2.82 bits per heavy atom. The third-order valence-corrected chi connectivity index (χ3v) is 3.78. The highest BCUT2D eigenvalue weighted by atomic mass is 32.1. The molecule has 1 unspecified atom stereocenters. The molecule has 0 radical (unpaired) electrons. The lowest BCUT2D eigenvalue weighted by Crippen LogP contribution is -2.24. The highest BCUT2D eigenvalue weighted by molar-refractivity contribution is 7.15. The first-order chi connectivity index (χ1) is 8.21. The molecule has 1 heterocycles. The van der Waals surface area contributed by atoms with Crippen molar-refractivity contribution in [2.75, 3.05) is 18.0 Å². The van der Waals surface area contributed by atoms with Gasteiger partial charge in [0.25, 0.3) is 0 Å². The second kappa shape index (κ2) is 7.45. The SMILES string of the molecule is C=CCC(C)NCc1cnc(N(CC)CC)s1. The van der Waals surface area contributed by atoms with E-state index in [0.29, 0.717) is 6.04 Å². The summed E-state index contributed by atoms with van der Waals surface area (Å²) in [5, 5.41) is 4.60. The van der Waals surface area contributed by atoms with Crippen molar-refractivity contribution in [2.45, 2.75) is 39.8 Å². The number of thiazole rings is 1. The van der Waals surface area contributed by atoms with E-state index in [1.807, 2.05) is 12.3 Å². The molecule has 1 aromatic heterocycles. The molecule has 3 nitrogen and oxygen atoms in total. The molecule has 1 N–H and O–H groups in total. The Hall–Kier alpha value is -0.870. The molecule has 0 aliphatic carbocycles. The van der Waals surface area contributed by atoms with Crippen LogP contribution in [0.15, 0.2) is 18.9 Å². The van der Waals surface area contributed by atoms with E-state index >= 15 is 0 Å². The van der Waals surface area contributed by atoms with E-state index in [1.54, 1.807) is 11.3 Å². The molecule has 96 valence electrons. The lowest BCUT2D eigenvalue weighted by atomic mass is 10.2. The van der Waals surface area contributed by atoms with Gasteiger partial charge in [0.2, 0.25) is 0 Å². The van der Waals surface area contributed by atoms with Gasteiger partial charge in [-0.2, -0.15) is 0 Å². The van der Waals surface area contributed by atoms with Crippen LogP contribution in [0.3, 0.4) is 0 Å². The monoisotopic (exact) mass is 253 g/mol. The molecule has 0 bridgehead atoms. The Morgan fingerprint density at radius 1 is 1.53 bits per heavy atom. The molecule has 0 saturated carbocycles. The summed E-state index contributed by atoms with van der Waals surface area (Å²) in [5.41, 5.74) is 0. The highest BCUT2D eigenvalue weighted by Crippen LogP contribution is 2.22. The molecule has 0 fully saturated rings. The predicted molar refractivity (Wildman–Crippen MR) is 76.8 cm³/mol. The maximum atomic E-state index is 4.47. The Kier molecular flexibility index (Phi) is 6.22. The molecular weight excluding hydrogens is 230 g/mol. The zero-order valence-corrected chi connectivity index (χ0v) is 11.9. The summed E-state index contributed by atoms with van der Waals surface area (Å²) in [6, 6.07) is 0.478. The number of nitrogens with one attached hydrogen (secondary N) is 1. The van der Waals surface area contributed by atoms with Crippen molar-refractivity contribution >= 4 is 16.5 Å². The van der Waals surface area contributed by atoms with Gasteiger partial charge in [-0.3, -0.25) is 0 Å². The quantitative estimate of drug-likeness (QED) is 0.722. The Bertz CT molecular complexity index is 331. The Balaban J connectivity index is 2.48. The molecule has 0 aromatic carbocycles. The molecule has 0 amide bonds. The molecule has 1 atom stereocenters. The van der Waals surface area contributed by atoms with Crippen LogP contribution < -0.4 is 10.2 Å². The normalized spacial score (nSPS) is 12.4. The minimum Gasteiger partial charge on any atom is -0.349 e. The molecule has 0 aliphatic rings. The number of rotatable bonds is 8. The zero-order chi connectivity index (χ0) is 12.7. The van der Waals surface area contributed by atoms with E-state index < -0.39 is 0 Å². The van der Waals surface area contributed by atoms with Crippen molar-refractivity contribution in [1.82, 2.24) is 10.3 Å². The van der Waals surface area contributed by atoms with Gasteiger partial charge in [0.15, 0.2) is 5.13 Å². The summed E-state index contributed by atoms with van der Waals surface area (Å²) in [5.74, 6) is 0. The standard InChI is InChI=1S/C13H23N3S/c1-5-8-11(4)14-9-12-10-15-13(17-12)16(6-2)7-3/h5,10-11,14H,1,6-9H2,2-4H3. The fraction of sp³-hybridized carbons (Fsp3) is 0.615. The number of hydrogen-bond donors (Lipinski definition) is 1. The molecular formula is C13H23N3S.